The Morgan fingerprint density at radius 2 is 1.65 bits per heavy atom. The molecule has 0 saturated carbocycles. The number of halogens is 3. The summed E-state index contributed by atoms with van der Waals surface area (Å²) in [5.41, 5.74) is 0. The molecular weight excluding hydrogens is 327 g/mol. The number of rotatable bonds is 7. The van der Waals surface area contributed by atoms with Crippen LogP contribution in [0.15, 0.2) is 12.7 Å². The van der Waals surface area contributed by atoms with Crippen molar-refractivity contribution in [2.24, 2.45) is 0 Å². The number of hydrogen-bond donors (Lipinski definition) is 0. The van der Waals surface area contributed by atoms with Crippen LogP contribution in [0.2, 0.25) is 37.4 Å². The smallest absolute Gasteiger partial charge is 0.344 e. The number of hydrogen-bond acceptors (Lipinski definition) is 1. The molecule has 0 aliphatic rings. The fourth-order valence-electron chi connectivity index (χ4n) is 2.29. The van der Waals surface area contributed by atoms with Crippen LogP contribution < -0.4 is 0 Å². The summed E-state index contributed by atoms with van der Waals surface area (Å²) < 4.78 is 6.43. The van der Waals surface area contributed by atoms with Crippen LogP contribution in [0.25, 0.3) is 0 Å². The van der Waals surface area contributed by atoms with Crippen LogP contribution in [0.3, 0.4) is 0 Å². The largest absolute Gasteiger partial charge is 0.455 e. The van der Waals surface area contributed by atoms with E-state index in [9.17, 15) is 0 Å². The maximum Gasteiger partial charge on any atom is 0.344 e. The lowest BCUT2D eigenvalue weighted by Gasteiger charge is -2.40. The molecule has 1 nitrogen and oxygen atoms in total. The van der Waals surface area contributed by atoms with E-state index < -0.39 is 22.6 Å². The van der Waals surface area contributed by atoms with Crippen molar-refractivity contribution < 1.29 is 4.12 Å². The standard InChI is InChI=1S/C10H23Cl3OSi3/c1-7-9-15(3,4)14-16(5,6)10(8-2)17(11,12)13/h7,10H,1,8-9H2,2-6H3. The maximum absolute atomic E-state index is 6.43. The fraction of sp³-hybridized carbons (Fsp3) is 0.800. The summed E-state index contributed by atoms with van der Waals surface area (Å²) in [6, 6.07) is -1.75. The first-order chi connectivity index (χ1) is 7.46. The molecule has 0 aromatic carbocycles. The quantitative estimate of drug-likeness (QED) is 0.331. The zero-order chi connectivity index (χ0) is 13.9. The fourth-order valence-corrected chi connectivity index (χ4v) is 23.2. The van der Waals surface area contributed by atoms with Crippen LogP contribution in [-0.4, -0.2) is 22.6 Å². The normalized spacial score (nSPS) is 15.8. The van der Waals surface area contributed by atoms with E-state index in [1.54, 1.807) is 0 Å². The van der Waals surface area contributed by atoms with E-state index in [-0.39, 0.29) is 5.16 Å². The Balaban J connectivity index is 4.93. The summed E-state index contributed by atoms with van der Waals surface area (Å²) in [4.78, 5) is 0. The maximum atomic E-state index is 6.43. The van der Waals surface area contributed by atoms with E-state index in [0.29, 0.717) is 0 Å². The molecule has 0 amide bonds. The van der Waals surface area contributed by atoms with Crippen molar-refractivity contribution in [3.05, 3.63) is 12.7 Å². The van der Waals surface area contributed by atoms with Gasteiger partial charge >= 0.3 is 6.00 Å². The van der Waals surface area contributed by atoms with Crippen molar-refractivity contribution in [1.82, 2.24) is 0 Å². The topological polar surface area (TPSA) is 9.23 Å². The first kappa shape index (κ1) is 18.2. The van der Waals surface area contributed by atoms with Crippen LogP contribution >= 0.6 is 33.2 Å². The molecule has 1 atom stereocenters. The summed E-state index contributed by atoms with van der Waals surface area (Å²) in [6.45, 7) is 14.6. The van der Waals surface area contributed by atoms with Gasteiger partial charge in [0.05, 0.1) is 0 Å². The summed E-state index contributed by atoms with van der Waals surface area (Å²) in [5.74, 6) is 0. The van der Waals surface area contributed by atoms with Crippen LogP contribution in [0.1, 0.15) is 13.3 Å². The molecule has 0 aromatic rings. The van der Waals surface area contributed by atoms with Gasteiger partial charge in [-0.15, -0.1) is 39.8 Å². The van der Waals surface area contributed by atoms with Crippen molar-refractivity contribution in [3.63, 3.8) is 0 Å². The van der Waals surface area contributed by atoms with Gasteiger partial charge in [0.1, 0.15) is 0 Å². The van der Waals surface area contributed by atoms with Crippen molar-refractivity contribution in [3.8, 4) is 0 Å². The molecule has 0 bridgehead atoms. The molecule has 0 radical (unpaired) electrons. The third kappa shape index (κ3) is 6.27. The van der Waals surface area contributed by atoms with Crippen molar-refractivity contribution in [1.29, 1.82) is 0 Å². The highest BCUT2D eigenvalue weighted by atomic mass is 35.8. The Labute approximate surface area is 123 Å². The molecule has 0 spiro atoms. The van der Waals surface area contributed by atoms with Gasteiger partial charge in [0.2, 0.25) is 0 Å². The van der Waals surface area contributed by atoms with Crippen molar-refractivity contribution >= 4 is 55.9 Å². The lowest BCUT2D eigenvalue weighted by molar-refractivity contribution is 0.534. The molecule has 0 rings (SSSR count). The number of allylic oxidation sites excluding steroid dienone is 1. The third-order valence-corrected chi connectivity index (χ3v) is 19.1. The summed E-state index contributed by atoms with van der Waals surface area (Å²) in [7, 11) is -3.67. The van der Waals surface area contributed by atoms with E-state index in [0.717, 1.165) is 12.5 Å². The first-order valence-electron chi connectivity index (χ1n) is 5.84. The van der Waals surface area contributed by atoms with Crippen molar-refractivity contribution in [2.45, 2.75) is 50.7 Å². The highest BCUT2D eigenvalue weighted by Crippen LogP contribution is 2.44. The Morgan fingerprint density at radius 3 is 1.94 bits per heavy atom. The minimum Gasteiger partial charge on any atom is -0.455 e. The van der Waals surface area contributed by atoms with Crippen molar-refractivity contribution in [2.75, 3.05) is 0 Å². The molecule has 0 fully saturated rings. The van der Waals surface area contributed by atoms with Gasteiger partial charge < -0.3 is 4.12 Å². The van der Waals surface area contributed by atoms with Gasteiger partial charge in [-0.3, -0.25) is 0 Å². The second kappa shape index (κ2) is 6.59. The summed E-state index contributed by atoms with van der Waals surface area (Å²) >= 11 is 18.6. The van der Waals surface area contributed by atoms with Gasteiger partial charge in [-0.25, -0.2) is 0 Å². The van der Waals surface area contributed by atoms with Gasteiger partial charge in [-0.05, 0) is 32.2 Å². The molecule has 0 saturated heterocycles. The summed E-state index contributed by atoms with van der Waals surface area (Å²) in [6.07, 6.45) is 2.82. The second-order valence-corrected chi connectivity index (χ2v) is 23.6. The highest BCUT2D eigenvalue weighted by Gasteiger charge is 2.49. The van der Waals surface area contributed by atoms with Gasteiger partial charge in [0.25, 0.3) is 0 Å². The summed E-state index contributed by atoms with van der Waals surface area (Å²) in [5, 5.41) is 0.150. The van der Waals surface area contributed by atoms with Crippen LogP contribution in [0.4, 0.5) is 0 Å². The Kier molecular flexibility index (Phi) is 7.06. The van der Waals surface area contributed by atoms with Crippen LogP contribution in [0, 0.1) is 0 Å². The average Bonchev–Trinajstić information content (AvgIpc) is 1.97. The average molecular weight is 350 g/mol. The SMILES string of the molecule is C=CC[Si](C)(C)O[Si](C)(C)C(CC)[Si](Cl)(Cl)Cl. The molecule has 0 aliphatic heterocycles. The Morgan fingerprint density at radius 1 is 1.18 bits per heavy atom. The van der Waals surface area contributed by atoms with E-state index in [2.05, 4.69) is 39.7 Å². The third-order valence-electron chi connectivity index (χ3n) is 2.82. The predicted molar refractivity (Wildman–Crippen MR) is 88.4 cm³/mol. The van der Waals surface area contributed by atoms with Gasteiger partial charge in [-0.1, -0.05) is 19.4 Å². The Bertz CT molecular complexity index is 264. The molecule has 0 aromatic heterocycles. The molecule has 102 valence electrons. The van der Waals surface area contributed by atoms with Crippen LogP contribution in [-0.2, 0) is 4.12 Å². The first-order valence-corrected chi connectivity index (χ1v) is 17.1. The van der Waals surface area contributed by atoms with E-state index in [4.69, 9.17) is 37.4 Å². The molecule has 17 heavy (non-hydrogen) atoms. The molecule has 7 heteroatoms. The predicted octanol–water partition coefficient (Wildman–Crippen LogP) is 5.57. The second-order valence-electron chi connectivity index (χ2n) is 5.46. The zero-order valence-corrected chi connectivity index (χ0v) is 16.6. The lowest BCUT2D eigenvalue weighted by atomic mass is 10.6. The van der Waals surface area contributed by atoms with Gasteiger partial charge in [0, 0.05) is 5.16 Å². The minimum absolute atomic E-state index is 0.150. The zero-order valence-electron chi connectivity index (χ0n) is 11.3. The molecule has 0 heterocycles. The van der Waals surface area contributed by atoms with Gasteiger partial charge in [0.15, 0.2) is 16.6 Å². The van der Waals surface area contributed by atoms with Crippen LogP contribution in [0.5, 0.6) is 0 Å². The molecule has 1 unspecified atom stereocenters. The Hall–Kier alpha value is 1.22. The molecule has 0 N–H and O–H groups in total. The van der Waals surface area contributed by atoms with E-state index in [1.165, 1.54) is 0 Å². The lowest BCUT2D eigenvalue weighted by Crippen LogP contribution is -2.51. The molecular formula is C10H23Cl3OSi3. The van der Waals surface area contributed by atoms with E-state index >= 15 is 0 Å². The van der Waals surface area contributed by atoms with E-state index in [1.807, 2.05) is 6.08 Å². The molecule has 0 aliphatic carbocycles. The monoisotopic (exact) mass is 348 g/mol. The minimum atomic E-state index is -2.69. The van der Waals surface area contributed by atoms with Gasteiger partial charge in [-0.2, -0.15) is 0 Å². The highest BCUT2D eigenvalue weighted by molar-refractivity contribution is 7.66.